The van der Waals surface area contributed by atoms with Gasteiger partial charge in [0.25, 0.3) is 0 Å². The van der Waals surface area contributed by atoms with Crippen molar-refractivity contribution in [3.05, 3.63) is 84.2 Å². The lowest BCUT2D eigenvalue weighted by atomic mass is 9.97. The van der Waals surface area contributed by atoms with Crippen LogP contribution in [0, 0.1) is 11.8 Å². The van der Waals surface area contributed by atoms with Crippen LogP contribution in [0.2, 0.25) is 0 Å². The van der Waals surface area contributed by atoms with Crippen LogP contribution in [0.4, 0.5) is 0 Å². The van der Waals surface area contributed by atoms with E-state index in [1.165, 1.54) is 18.9 Å². The predicted octanol–water partition coefficient (Wildman–Crippen LogP) is 4.43. The highest BCUT2D eigenvalue weighted by molar-refractivity contribution is 7.98. The van der Waals surface area contributed by atoms with Crippen LogP contribution in [-0.4, -0.2) is 166 Å². The Morgan fingerprint density at radius 1 is 0.658 bits per heavy atom. The zero-order valence-electron chi connectivity index (χ0n) is 46.6. The number of esters is 1. The fourth-order valence-electron chi connectivity index (χ4n) is 9.49. The number of aromatic nitrogens is 2. The lowest BCUT2D eigenvalue weighted by Crippen LogP contribution is -2.53. The fourth-order valence-corrected chi connectivity index (χ4v) is 10.4. The Balaban J connectivity index is 0.000000291. The Labute approximate surface area is 472 Å². The standard InChI is InChI=1S/C29H41N5O5S.C28H39N5O5S/c1-5-19(2)25(33-28(37)23-10-11-26(35)31-23)17-34(16-20-12-14-30-22-9-7-6-8-21(20)22)18-27(36)32-24(13-15-40-4)29(38)39-3;1-4-18(2)24(32-27(36)22-9-10-25(34)30-22)16-33(17-26(35)31-23(28(37)38)12-14-39-3)15-19-11-13-29-21-8-6-5-7-20(19)21/h6-9,12,14,19,23-25H,5,10-11,13,15-18H2,1-4H3,(H,31,35)(H,32,36)(H,33,37);5-8,11,13,18,22-24H,4,9-10,12,14-17H2,1-3H3,(H,30,34)(H,31,35)(H,32,36)(H,37,38)/t19-,23-,24-,25+;18-,22-,23-,24+/m00/s1. The van der Waals surface area contributed by atoms with Crippen molar-refractivity contribution >= 4 is 92.7 Å². The summed E-state index contributed by atoms with van der Waals surface area (Å²) in [5.74, 6) is -1.39. The van der Waals surface area contributed by atoms with E-state index in [1.807, 2.05) is 96.8 Å². The molecule has 0 bridgehead atoms. The zero-order valence-corrected chi connectivity index (χ0v) is 48.2. The molecule has 7 N–H and O–H groups in total. The topological polar surface area (TPSA) is 270 Å². The van der Waals surface area contributed by atoms with E-state index in [-0.39, 0.29) is 72.5 Å². The number of rotatable bonds is 30. The van der Waals surface area contributed by atoms with E-state index < -0.39 is 36.1 Å². The summed E-state index contributed by atoms with van der Waals surface area (Å²) >= 11 is 3.11. The van der Waals surface area contributed by atoms with Gasteiger partial charge < -0.3 is 41.7 Å². The number of thioether (sulfide) groups is 2. The molecule has 2 aliphatic rings. The molecule has 22 heteroatoms. The van der Waals surface area contributed by atoms with Crippen LogP contribution in [0.3, 0.4) is 0 Å². The van der Waals surface area contributed by atoms with Crippen molar-refractivity contribution in [3.8, 4) is 0 Å². The van der Waals surface area contributed by atoms with Gasteiger partial charge in [-0.3, -0.25) is 48.5 Å². The maximum absolute atomic E-state index is 13.3. The number of ether oxygens (including phenoxy) is 1. The fraction of sp³-hybridized carbons (Fsp3) is 0.544. The number of amides is 6. The Morgan fingerprint density at radius 2 is 1.08 bits per heavy atom. The minimum Gasteiger partial charge on any atom is -0.480 e. The van der Waals surface area contributed by atoms with Gasteiger partial charge in [0.2, 0.25) is 35.4 Å². The van der Waals surface area contributed by atoms with E-state index in [4.69, 9.17) is 4.74 Å². The summed E-state index contributed by atoms with van der Waals surface area (Å²) in [6.07, 6.45) is 11.3. The largest absolute Gasteiger partial charge is 0.480 e. The maximum atomic E-state index is 13.3. The minimum absolute atomic E-state index is 0.0202. The van der Waals surface area contributed by atoms with E-state index in [1.54, 1.807) is 24.2 Å². The SMILES string of the molecule is CC[C@H](C)[C@@H](CN(CC(=O)N[C@@H](CCSC)C(=O)O)Cc1ccnc2ccccc12)NC(=O)[C@@H]1CCC(=O)N1.CC[C@H](C)[C@@H](CN(CC(=O)N[C@@H](CCSC)C(=O)OC)Cc1ccnc2ccccc12)NC(=O)[C@@H]1CCC(=O)N1. The number of para-hydroxylation sites is 2. The average Bonchev–Trinajstić information content (AvgIpc) is 4.10. The molecule has 430 valence electrons. The van der Waals surface area contributed by atoms with Crippen molar-refractivity contribution < 1.29 is 48.2 Å². The van der Waals surface area contributed by atoms with Gasteiger partial charge in [0, 0.05) is 74.3 Å². The van der Waals surface area contributed by atoms with Crippen LogP contribution >= 0.6 is 23.5 Å². The van der Waals surface area contributed by atoms with Crippen LogP contribution in [-0.2, 0) is 56.2 Å². The zero-order chi connectivity index (χ0) is 57.4. The first kappa shape index (κ1) is 63.5. The first-order valence-corrected chi connectivity index (χ1v) is 29.9. The number of methoxy groups -OCH3 is 1. The van der Waals surface area contributed by atoms with Gasteiger partial charge in [0.1, 0.15) is 24.2 Å². The monoisotopic (exact) mass is 1130 g/mol. The molecular weight excluding hydrogens is 1050 g/mol. The number of pyridine rings is 2. The number of carboxylic acid groups (broad SMARTS) is 1. The number of nitrogens with one attached hydrogen (secondary N) is 6. The van der Waals surface area contributed by atoms with Crippen molar-refractivity contribution in [2.24, 2.45) is 11.8 Å². The first-order valence-electron chi connectivity index (χ1n) is 27.1. The molecule has 4 heterocycles. The summed E-state index contributed by atoms with van der Waals surface area (Å²) in [6.45, 7) is 9.80. The van der Waals surface area contributed by atoms with Gasteiger partial charge >= 0.3 is 11.9 Å². The normalized spacial score (nSPS) is 17.3. The quantitative estimate of drug-likeness (QED) is 0.0356. The molecule has 0 saturated carbocycles. The molecule has 0 spiro atoms. The van der Waals surface area contributed by atoms with Crippen LogP contribution in [0.15, 0.2) is 73.1 Å². The highest BCUT2D eigenvalue weighted by atomic mass is 32.2. The number of fused-ring (bicyclic) bond motifs is 2. The van der Waals surface area contributed by atoms with Gasteiger partial charge in [-0.15, -0.1) is 0 Å². The van der Waals surface area contributed by atoms with Crippen LogP contribution in [0.25, 0.3) is 21.8 Å². The number of carboxylic acids is 1. The van der Waals surface area contributed by atoms with Crippen LogP contribution in [0.5, 0.6) is 0 Å². The van der Waals surface area contributed by atoms with Crippen molar-refractivity contribution in [3.63, 3.8) is 0 Å². The number of hydrogen-bond acceptors (Lipinski definition) is 15. The molecule has 20 nitrogen and oxygen atoms in total. The summed E-state index contributed by atoms with van der Waals surface area (Å²) in [5, 5.41) is 28.8. The van der Waals surface area contributed by atoms with Crippen molar-refractivity contribution in [2.75, 3.05) is 57.3 Å². The second-order valence-corrected chi connectivity index (χ2v) is 22.3. The van der Waals surface area contributed by atoms with E-state index in [9.17, 15) is 43.5 Å². The highest BCUT2D eigenvalue weighted by Gasteiger charge is 2.33. The van der Waals surface area contributed by atoms with E-state index in [0.29, 0.717) is 76.2 Å². The van der Waals surface area contributed by atoms with Crippen molar-refractivity contribution in [2.45, 2.75) is 128 Å². The molecule has 8 atom stereocenters. The number of carbonyl (C=O) groups excluding carboxylic acids is 7. The molecule has 0 unspecified atom stereocenters. The van der Waals surface area contributed by atoms with Gasteiger partial charge in [-0.2, -0.15) is 23.5 Å². The average molecular weight is 1130 g/mol. The summed E-state index contributed by atoms with van der Waals surface area (Å²) in [4.78, 5) is 113. The third-order valence-electron chi connectivity index (χ3n) is 14.5. The van der Waals surface area contributed by atoms with Gasteiger partial charge in [0.15, 0.2) is 0 Å². The predicted molar refractivity (Wildman–Crippen MR) is 309 cm³/mol. The second kappa shape index (κ2) is 32.6. The summed E-state index contributed by atoms with van der Waals surface area (Å²) < 4.78 is 4.91. The Kier molecular flexibility index (Phi) is 26.2. The van der Waals surface area contributed by atoms with E-state index in [2.05, 4.69) is 55.7 Å². The lowest BCUT2D eigenvalue weighted by Gasteiger charge is -2.32. The van der Waals surface area contributed by atoms with Crippen molar-refractivity contribution in [1.82, 2.24) is 51.7 Å². The molecule has 4 aromatic rings. The molecule has 2 aromatic carbocycles. The van der Waals surface area contributed by atoms with Crippen LogP contribution in [0.1, 0.15) is 90.2 Å². The van der Waals surface area contributed by atoms with Gasteiger partial charge in [0.05, 0.1) is 31.2 Å². The van der Waals surface area contributed by atoms with Crippen molar-refractivity contribution in [1.29, 1.82) is 0 Å². The molecule has 0 radical (unpaired) electrons. The van der Waals surface area contributed by atoms with Gasteiger partial charge in [-0.25, -0.2) is 9.59 Å². The molecular formula is C57H80N10O10S2. The minimum atomic E-state index is -1.06. The third kappa shape index (κ3) is 20.0. The number of nitrogens with zero attached hydrogens (tertiary/aromatic N) is 4. The van der Waals surface area contributed by atoms with E-state index >= 15 is 0 Å². The van der Waals surface area contributed by atoms with E-state index in [0.717, 1.165) is 45.8 Å². The number of hydrogen-bond donors (Lipinski definition) is 7. The summed E-state index contributed by atoms with van der Waals surface area (Å²) in [5.41, 5.74) is 3.67. The van der Waals surface area contributed by atoms with Gasteiger partial charge in [-0.1, -0.05) is 76.9 Å². The molecule has 0 aliphatic carbocycles. The summed E-state index contributed by atoms with van der Waals surface area (Å²) in [6, 6.07) is 16.1. The molecule has 2 aromatic heterocycles. The Bertz CT molecular complexity index is 2690. The number of benzene rings is 2. The smallest absolute Gasteiger partial charge is 0.328 e. The van der Waals surface area contributed by atoms with Gasteiger partial charge in [-0.05, 0) is 96.9 Å². The number of aliphatic carboxylic acids is 1. The maximum Gasteiger partial charge on any atom is 0.328 e. The molecule has 2 fully saturated rings. The summed E-state index contributed by atoms with van der Waals surface area (Å²) in [7, 11) is 1.31. The molecule has 79 heavy (non-hydrogen) atoms. The number of carbonyl (C=O) groups is 8. The van der Waals surface area contributed by atoms with Crippen LogP contribution < -0.4 is 31.9 Å². The first-order chi connectivity index (χ1) is 38.0. The molecule has 6 amide bonds. The Hall–Kier alpha value is -6.36. The third-order valence-corrected chi connectivity index (χ3v) is 15.8. The molecule has 2 saturated heterocycles. The second-order valence-electron chi connectivity index (χ2n) is 20.3. The lowest BCUT2D eigenvalue weighted by molar-refractivity contribution is -0.145. The molecule has 2 aliphatic heterocycles. The highest BCUT2D eigenvalue weighted by Crippen LogP contribution is 2.22. The molecule has 6 rings (SSSR count). The Morgan fingerprint density at radius 3 is 1.46 bits per heavy atom.